The first-order valence-electron chi connectivity index (χ1n) is 7.54. The number of rotatable bonds is 7. The second-order valence-corrected chi connectivity index (χ2v) is 6.04. The normalized spacial score (nSPS) is 15.9. The van der Waals surface area contributed by atoms with Crippen LogP contribution in [0.1, 0.15) is 29.6 Å². The Kier molecular flexibility index (Phi) is 7.06. The lowest BCUT2D eigenvalue weighted by atomic mass is 10.1. The number of carbonyl (C=O) groups is 1. The molecule has 2 N–H and O–H groups in total. The third-order valence-electron chi connectivity index (χ3n) is 3.60. The highest BCUT2D eigenvalue weighted by molar-refractivity contribution is 7.98. The number of hydrogen-bond acceptors (Lipinski definition) is 4. The van der Waals surface area contributed by atoms with E-state index < -0.39 is 0 Å². The Morgan fingerprint density at radius 1 is 1.33 bits per heavy atom. The summed E-state index contributed by atoms with van der Waals surface area (Å²) < 4.78 is 5.81. The van der Waals surface area contributed by atoms with Gasteiger partial charge < -0.3 is 15.4 Å². The fourth-order valence-corrected chi connectivity index (χ4v) is 2.74. The zero-order valence-corrected chi connectivity index (χ0v) is 13.4. The summed E-state index contributed by atoms with van der Waals surface area (Å²) in [5, 5.41) is 6.26. The Balaban J connectivity index is 1.60. The second-order valence-electron chi connectivity index (χ2n) is 5.16. The lowest BCUT2D eigenvalue weighted by Gasteiger charge is -2.22. The molecule has 0 spiro atoms. The van der Waals surface area contributed by atoms with Crippen molar-refractivity contribution >= 4 is 17.7 Å². The van der Waals surface area contributed by atoms with E-state index in [0.29, 0.717) is 18.2 Å². The van der Waals surface area contributed by atoms with Crippen molar-refractivity contribution in [3.05, 3.63) is 29.8 Å². The van der Waals surface area contributed by atoms with Gasteiger partial charge in [0, 0.05) is 23.6 Å². The number of hydrogen-bond donors (Lipinski definition) is 2. The van der Waals surface area contributed by atoms with E-state index in [-0.39, 0.29) is 5.91 Å². The van der Waals surface area contributed by atoms with E-state index in [2.05, 4.69) is 10.6 Å². The zero-order valence-electron chi connectivity index (χ0n) is 12.6. The molecule has 4 nitrogen and oxygen atoms in total. The van der Waals surface area contributed by atoms with Crippen LogP contribution in [0.5, 0.6) is 0 Å². The van der Waals surface area contributed by atoms with Gasteiger partial charge in [0.25, 0.3) is 5.91 Å². The number of benzene rings is 1. The molecule has 1 amide bonds. The molecule has 0 bridgehead atoms. The average molecular weight is 308 g/mol. The smallest absolute Gasteiger partial charge is 0.251 e. The van der Waals surface area contributed by atoms with Crippen molar-refractivity contribution < 1.29 is 9.53 Å². The molecule has 1 heterocycles. The van der Waals surface area contributed by atoms with Crippen LogP contribution in [0.25, 0.3) is 0 Å². The minimum atomic E-state index is -0.00970. The van der Waals surface area contributed by atoms with Gasteiger partial charge in [0.2, 0.25) is 0 Å². The van der Waals surface area contributed by atoms with Crippen LogP contribution < -0.4 is 10.6 Å². The van der Waals surface area contributed by atoms with E-state index in [1.54, 1.807) is 11.8 Å². The molecule has 21 heavy (non-hydrogen) atoms. The maximum absolute atomic E-state index is 11.9. The van der Waals surface area contributed by atoms with Crippen molar-refractivity contribution in [2.24, 2.45) is 0 Å². The zero-order chi connectivity index (χ0) is 14.9. The number of thioether (sulfide) groups is 1. The van der Waals surface area contributed by atoms with Crippen molar-refractivity contribution in [3.8, 4) is 0 Å². The largest absolute Gasteiger partial charge is 0.378 e. The van der Waals surface area contributed by atoms with E-state index in [0.717, 1.165) is 39.0 Å². The topological polar surface area (TPSA) is 50.4 Å². The minimum absolute atomic E-state index is 0.00970. The lowest BCUT2D eigenvalue weighted by molar-refractivity contribution is 0.0318. The van der Waals surface area contributed by atoms with Gasteiger partial charge in [-0.3, -0.25) is 4.79 Å². The molecular formula is C16H24N2O2S. The van der Waals surface area contributed by atoms with Gasteiger partial charge in [-0.2, -0.15) is 0 Å². The monoisotopic (exact) mass is 308 g/mol. The van der Waals surface area contributed by atoms with Crippen LogP contribution in [-0.2, 0) is 4.74 Å². The highest BCUT2D eigenvalue weighted by Crippen LogP contribution is 2.14. The van der Waals surface area contributed by atoms with Crippen molar-refractivity contribution in [2.75, 3.05) is 32.5 Å². The number of ether oxygens (including phenoxy) is 1. The van der Waals surface area contributed by atoms with Crippen LogP contribution in [-0.4, -0.2) is 44.5 Å². The van der Waals surface area contributed by atoms with E-state index in [4.69, 9.17) is 4.74 Å². The molecule has 0 aliphatic carbocycles. The van der Waals surface area contributed by atoms with Gasteiger partial charge in [0.05, 0.1) is 6.10 Å². The fraction of sp³-hybridized carbons (Fsp3) is 0.562. The van der Waals surface area contributed by atoms with Gasteiger partial charge in [-0.25, -0.2) is 0 Å². The molecule has 0 saturated carbocycles. The fourth-order valence-electron chi connectivity index (χ4n) is 2.33. The number of nitrogens with one attached hydrogen (secondary N) is 2. The van der Waals surface area contributed by atoms with E-state index in [9.17, 15) is 4.79 Å². The highest BCUT2D eigenvalue weighted by atomic mass is 32.2. The van der Waals surface area contributed by atoms with Gasteiger partial charge in [-0.1, -0.05) is 0 Å². The number of carbonyl (C=O) groups excluding carboxylic acids is 1. The number of piperidine rings is 1. The summed E-state index contributed by atoms with van der Waals surface area (Å²) >= 11 is 1.67. The standard InChI is InChI=1S/C16H24N2O2S/c1-21-15-5-3-13(4-6-15)16(19)18-9-2-12-20-14-7-10-17-11-8-14/h3-6,14,17H,2,7-12H2,1H3,(H,18,19). The SMILES string of the molecule is CSc1ccc(C(=O)NCCCOC2CCNCC2)cc1. The van der Waals surface area contributed by atoms with Crippen molar-refractivity contribution in [1.29, 1.82) is 0 Å². The molecule has 0 radical (unpaired) electrons. The van der Waals surface area contributed by atoms with Crippen LogP contribution >= 0.6 is 11.8 Å². The molecule has 0 aromatic heterocycles. The predicted octanol–water partition coefficient (Wildman–Crippen LogP) is 2.30. The Morgan fingerprint density at radius 3 is 2.71 bits per heavy atom. The van der Waals surface area contributed by atoms with E-state index in [1.165, 1.54) is 4.90 Å². The molecule has 1 aromatic rings. The van der Waals surface area contributed by atoms with Crippen LogP contribution in [0.15, 0.2) is 29.2 Å². The first kappa shape index (κ1) is 16.3. The van der Waals surface area contributed by atoms with Crippen LogP contribution in [0.2, 0.25) is 0 Å². The summed E-state index contributed by atoms with van der Waals surface area (Å²) in [7, 11) is 0. The summed E-state index contributed by atoms with van der Waals surface area (Å²) in [5.41, 5.74) is 0.715. The van der Waals surface area contributed by atoms with Gasteiger partial charge in [0.15, 0.2) is 0 Å². The first-order valence-corrected chi connectivity index (χ1v) is 8.76. The first-order chi connectivity index (χ1) is 10.3. The van der Waals surface area contributed by atoms with Gasteiger partial charge in [-0.15, -0.1) is 11.8 Å². The van der Waals surface area contributed by atoms with Gasteiger partial charge in [-0.05, 0) is 62.9 Å². The maximum atomic E-state index is 11.9. The predicted molar refractivity (Wildman–Crippen MR) is 87.0 cm³/mol. The van der Waals surface area contributed by atoms with Crippen LogP contribution in [0.4, 0.5) is 0 Å². The third kappa shape index (κ3) is 5.69. The second kappa shape index (κ2) is 9.07. The summed E-state index contributed by atoms with van der Waals surface area (Å²) in [6, 6.07) is 7.68. The van der Waals surface area contributed by atoms with Gasteiger partial charge >= 0.3 is 0 Å². The molecule has 1 saturated heterocycles. The van der Waals surface area contributed by atoms with Crippen molar-refractivity contribution in [3.63, 3.8) is 0 Å². The van der Waals surface area contributed by atoms with Crippen molar-refractivity contribution in [2.45, 2.75) is 30.3 Å². The molecule has 1 aromatic carbocycles. The molecule has 5 heteroatoms. The molecule has 1 aliphatic rings. The summed E-state index contributed by atoms with van der Waals surface area (Å²) in [6.45, 7) is 3.48. The van der Waals surface area contributed by atoms with Crippen LogP contribution in [0.3, 0.4) is 0 Å². The summed E-state index contributed by atoms with van der Waals surface area (Å²) in [6.07, 6.45) is 5.46. The summed E-state index contributed by atoms with van der Waals surface area (Å²) in [4.78, 5) is 13.1. The average Bonchev–Trinajstić information content (AvgIpc) is 2.55. The van der Waals surface area contributed by atoms with Gasteiger partial charge in [0.1, 0.15) is 0 Å². The third-order valence-corrected chi connectivity index (χ3v) is 4.34. The Morgan fingerprint density at radius 2 is 2.05 bits per heavy atom. The molecule has 1 fully saturated rings. The lowest BCUT2D eigenvalue weighted by Crippen LogP contribution is -2.33. The Hall–Kier alpha value is -1.04. The molecule has 116 valence electrons. The molecule has 0 atom stereocenters. The maximum Gasteiger partial charge on any atom is 0.251 e. The molecule has 1 aliphatic heterocycles. The van der Waals surface area contributed by atoms with Crippen LogP contribution in [0, 0.1) is 0 Å². The molecule has 2 rings (SSSR count). The Labute approximate surface area is 131 Å². The quantitative estimate of drug-likeness (QED) is 0.599. The Bertz CT molecular complexity index is 430. The van der Waals surface area contributed by atoms with E-state index >= 15 is 0 Å². The minimum Gasteiger partial charge on any atom is -0.378 e. The molecule has 0 unspecified atom stereocenters. The highest BCUT2D eigenvalue weighted by Gasteiger charge is 2.12. The van der Waals surface area contributed by atoms with E-state index in [1.807, 2.05) is 30.5 Å². The van der Waals surface area contributed by atoms with Crippen molar-refractivity contribution in [1.82, 2.24) is 10.6 Å². The number of amides is 1. The summed E-state index contributed by atoms with van der Waals surface area (Å²) in [5.74, 6) is -0.00970. The molecular weight excluding hydrogens is 284 g/mol.